The first-order valence-electron chi connectivity index (χ1n) is 2.62. The summed E-state index contributed by atoms with van der Waals surface area (Å²) in [4.78, 5) is 10.9. The van der Waals surface area contributed by atoms with E-state index < -0.39 is 5.97 Å². The number of carboxylic acid groups (broad SMARTS) is 1. The molecule has 0 saturated heterocycles. The minimum absolute atomic E-state index is 0.0102. The van der Waals surface area contributed by atoms with Gasteiger partial charge in [0.05, 0.1) is 3.79 Å². The fourth-order valence-electron chi connectivity index (χ4n) is 0.589. The molecular formula is C6H4BrO2S-. The van der Waals surface area contributed by atoms with Gasteiger partial charge in [0.1, 0.15) is 0 Å². The number of hydrogen-bond donors (Lipinski definition) is 0. The number of aliphatic carboxylic acids is 1. The Hall–Kier alpha value is -0.350. The van der Waals surface area contributed by atoms with Crippen molar-refractivity contribution in [1.29, 1.82) is 0 Å². The lowest BCUT2D eigenvalue weighted by Gasteiger charge is -1.95. The number of carbonyl (C=O) groups is 1. The normalized spacial score (nSPS) is 9.70. The monoisotopic (exact) mass is 219 g/mol. The van der Waals surface area contributed by atoms with Crippen molar-refractivity contribution in [3.05, 3.63) is 20.8 Å². The van der Waals surface area contributed by atoms with Crippen LogP contribution in [0.5, 0.6) is 0 Å². The summed E-state index contributed by atoms with van der Waals surface area (Å²) in [7, 11) is 0. The maximum atomic E-state index is 10.1. The van der Waals surface area contributed by atoms with Crippen LogP contribution in [0.4, 0.5) is 0 Å². The first-order valence-corrected chi connectivity index (χ1v) is 4.23. The second kappa shape index (κ2) is 3.16. The van der Waals surface area contributed by atoms with Gasteiger partial charge in [0.25, 0.3) is 0 Å². The minimum Gasteiger partial charge on any atom is -0.550 e. The maximum Gasteiger partial charge on any atom is 0.0701 e. The molecule has 1 aromatic heterocycles. The van der Waals surface area contributed by atoms with Crippen LogP contribution in [-0.2, 0) is 11.2 Å². The lowest BCUT2D eigenvalue weighted by atomic mass is 10.3. The Balaban J connectivity index is 2.67. The van der Waals surface area contributed by atoms with E-state index in [-0.39, 0.29) is 6.42 Å². The Bertz CT molecular complexity index is 244. The van der Waals surface area contributed by atoms with Crippen molar-refractivity contribution in [2.24, 2.45) is 0 Å². The molecule has 0 aromatic carbocycles. The molecule has 0 saturated carbocycles. The van der Waals surface area contributed by atoms with E-state index in [0.717, 1.165) is 8.66 Å². The highest BCUT2D eigenvalue weighted by atomic mass is 79.9. The summed E-state index contributed by atoms with van der Waals surface area (Å²) in [6.45, 7) is 0. The SMILES string of the molecule is O=C([O-])Cc1ccc(Br)s1. The van der Waals surface area contributed by atoms with E-state index in [0.29, 0.717) is 0 Å². The zero-order chi connectivity index (χ0) is 7.56. The molecule has 4 heteroatoms. The van der Waals surface area contributed by atoms with Crippen molar-refractivity contribution in [2.75, 3.05) is 0 Å². The molecule has 0 aliphatic carbocycles. The van der Waals surface area contributed by atoms with E-state index in [1.165, 1.54) is 11.3 Å². The number of carbonyl (C=O) groups excluding carboxylic acids is 1. The standard InChI is InChI=1S/C6H5BrO2S/c7-5-2-1-4(10-5)3-6(8)9/h1-2H,3H2,(H,8,9)/p-1. The van der Waals surface area contributed by atoms with Crippen LogP contribution in [0.15, 0.2) is 15.9 Å². The van der Waals surface area contributed by atoms with Crippen LogP contribution < -0.4 is 5.11 Å². The fraction of sp³-hybridized carbons (Fsp3) is 0.167. The third-order valence-corrected chi connectivity index (χ3v) is 2.57. The first kappa shape index (κ1) is 7.75. The van der Waals surface area contributed by atoms with Gasteiger partial charge < -0.3 is 9.90 Å². The molecule has 54 valence electrons. The first-order chi connectivity index (χ1) is 4.68. The quantitative estimate of drug-likeness (QED) is 0.739. The van der Waals surface area contributed by atoms with Gasteiger partial charge in [0.15, 0.2) is 0 Å². The molecule has 0 spiro atoms. The topological polar surface area (TPSA) is 40.1 Å². The summed E-state index contributed by atoms with van der Waals surface area (Å²) in [6, 6.07) is 3.59. The van der Waals surface area contributed by atoms with Gasteiger partial charge >= 0.3 is 0 Å². The maximum absolute atomic E-state index is 10.1. The van der Waals surface area contributed by atoms with Crippen molar-refractivity contribution in [1.82, 2.24) is 0 Å². The van der Waals surface area contributed by atoms with E-state index in [2.05, 4.69) is 15.9 Å². The van der Waals surface area contributed by atoms with Gasteiger partial charge in [-0.15, -0.1) is 11.3 Å². The average Bonchev–Trinajstić information content (AvgIpc) is 2.13. The smallest absolute Gasteiger partial charge is 0.0701 e. The summed E-state index contributed by atoms with van der Waals surface area (Å²) >= 11 is 4.64. The number of hydrogen-bond acceptors (Lipinski definition) is 3. The van der Waals surface area contributed by atoms with Crippen LogP contribution in [0.2, 0.25) is 0 Å². The Morgan fingerprint density at radius 1 is 1.70 bits per heavy atom. The van der Waals surface area contributed by atoms with Gasteiger partial charge in [-0.3, -0.25) is 0 Å². The van der Waals surface area contributed by atoms with E-state index in [1.807, 2.05) is 6.07 Å². The summed E-state index contributed by atoms with van der Waals surface area (Å²) in [6.07, 6.45) is 0.0102. The number of thiophene rings is 1. The summed E-state index contributed by atoms with van der Waals surface area (Å²) < 4.78 is 0.948. The van der Waals surface area contributed by atoms with Crippen LogP contribution in [0.25, 0.3) is 0 Å². The second-order valence-electron chi connectivity index (χ2n) is 1.75. The molecule has 0 aliphatic heterocycles. The fourth-order valence-corrected chi connectivity index (χ4v) is 2.06. The molecule has 2 nitrogen and oxygen atoms in total. The Morgan fingerprint density at radius 2 is 2.40 bits per heavy atom. The van der Waals surface area contributed by atoms with Gasteiger partial charge in [-0.2, -0.15) is 0 Å². The van der Waals surface area contributed by atoms with Crippen molar-refractivity contribution >= 4 is 33.2 Å². The van der Waals surface area contributed by atoms with Crippen molar-refractivity contribution in [3.63, 3.8) is 0 Å². The third-order valence-electron chi connectivity index (χ3n) is 0.947. The summed E-state index contributed by atoms with van der Waals surface area (Å²) in [5, 5.41) is 10.1. The predicted molar refractivity (Wildman–Crippen MR) is 40.7 cm³/mol. The van der Waals surface area contributed by atoms with Crippen LogP contribution in [-0.4, -0.2) is 5.97 Å². The second-order valence-corrected chi connectivity index (χ2v) is 4.30. The molecule has 1 heterocycles. The average molecular weight is 220 g/mol. The molecule has 0 N–H and O–H groups in total. The zero-order valence-electron chi connectivity index (χ0n) is 4.96. The lowest BCUT2D eigenvalue weighted by molar-refractivity contribution is -0.304. The van der Waals surface area contributed by atoms with E-state index >= 15 is 0 Å². The minimum atomic E-state index is -1.03. The van der Waals surface area contributed by atoms with E-state index in [9.17, 15) is 9.90 Å². The van der Waals surface area contributed by atoms with Crippen LogP contribution in [0.1, 0.15) is 4.88 Å². The highest BCUT2D eigenvalue weighted by molar-refractivity contribution is 9.11. The van der Waals surface area contributed by atoms with Gasteiger partial charge in [0.2, 0.25) is 0 Å². The highest BCUT2D eigenvalue weighted by Crippen LogP contribution is 2.21. The predicted octanol–water partition coefficient (Wildman–Crippen LogP) is 0.803. The number of carboxylic acids is 1. The molecule has 0 aliphatic rings. The molecule has 0 fully saturated rings. The van der Waals surface area contributed by atoms with Crippen molar-refractivity contribution in [3.8, 4) is 0 Å². The molecular weight excluding hydrogens is 216 g/mol. The molecule has 10 heavy (non-hydrogen) atoms. The van der Waals surface area contributed by atoms with Gasteiger partial charge in [0, 0.05) is 17.3 Å². The van der Waals surface area contributed by atoms with Crippen LogP contribution in [0.3, 0.4) is 0 Å². The largest absolute Gasteiger partial charge is 0.550 e. The molecule has 0 amide bonds. The lowest BCUT2D eigenvalue weighted by Crippen LogP contribution is -2.23. The molecule has 1 aromatic rings. The number of rotatable bonds is 2. The Morgan fingerprint density at radius 3 is 2.80 bits per heavy atom. The Kier molecular flexibility index (Phi) is 2.45. The highest BCUT2D eigenvalue weighted by Gasteiger charge is 1.96. The zero-order valence-corrected chi connectivity index (χ0v) is 7.37. The number of halogens is 1. The van der Waals surface area contributed by atoms with Crippen molar-refractivity contribution in [2.45, 2.75) is 6.42 Å². The van der Waals surface area contributed by atoms with Crippen LogP contribution in [0, 0.1) is 0 Å². The third kappa shape index (κ3) is 2.11. The molecule has 0 atom stereocenters. The van der Waals surface area contributed by atoms with E-state index in [1.54, 1.807) is 6.07 Å². The van der Waals surface area contributed by atoms with E-state index in [4.69, 9.17) is 0 Å². The molecule has 1 rings (SSSR count). The van der Waals surface area contributed by atoms with Crippen molar-refractivity contribution < 1.29 is 9.90 Å². The van der Waals surface area contributed by atoms with Gasteiger partial charge in [-0.25, -0.2) is 0 Å². The van der Waals surface area contributed by atoms with Crippen LogP contribution >= 0.6 is 27.3 Å². The van der Waals surface area contributed by atoms with Gasteiger partial charge in [-0.05, 0) is 28.1 Å². The molecule has 0 radical (unpaired) electrons. The summed E-state index contributed by atoms with van der Waals surface area (Å²) in [5.74, 6) is -1.03. The molecule has 0 bridgehead atoms. The Labute approximate surface area is 70.6 Å². The van der Waals surface area contributed by atoms with Gasteiger partial charge in [-0.1, -0.05) is 0 Å². The molecule has 0 unspecified atom stereocenters. The summed E-state index contributed by atoms with van der Waals surface area (Å²) in [5.41, 5.74) is 0.